The van der Waals surface area contributed by atoms with E-state index in [-0.39, 0.29) is 11.7 Å². The first-order valence-electron chi connectivity index (χ1n) is 8.29. The highest BCUT2D eigenvalue weighted by atomic mass is 79.9. The molecule has 0 bridgehead atoms. The highest BCUT2D eigenvalue weighted by Crippen LogP contribution is 2.38. The second kappa shape index (κ2) is 7.73. The molecular formula is C18H14BrClFN5OS. The van der Waals surface area contributed by atoms with E-state index in [0.717, 1.165) is 10.0 Å². The first-order chi connectivity index (χ1) is 13.4. The van der Waals surface area contributed by atoms with Crippen LogP contribution in [0, 0.1) is 12.7 Å². The van der Waals surface area contributed by atoms with Crippen molar-refractivity contribution >= 4 is 50.9 Å². The van der Waals surface area contributed by atoms with E-state index in [1.54, 1.807) is 35.0 Å². The predicted molar refractivity (Wildman–Crippen MR) is 111 cm³/mol. The third kappa shape index (κ3) is 3.74. The Morgan fingerprint density at radius 3 is 2.75 bits per heavy atom. The number of nitrogens with one attached hydrogen (secondary N) is 2. The topological polar surface area (TPSA) is 71.8 Å². The van der Waals surface area contributed by atoms with Gasteiger partial charge in [0, 0.05) is 4.47 Å². The Bertz CT molecular complexity index is 1040. The molecule has 2 heterocycles. The van der Waals surface area contributed by atoms with Crippen LogP contribution in [0.25, 0.3) is 0 Å². The molecule has 0 radical (unpaired) electrons. The number of rotatable bonds is 3. The standard InChI is InChI=1S/C18H14BrClFN5OS/c1-9-23-24-18-26(9)25-15(10-2-5-12(21)6-3-10)16(28-18)17(27)22-14-7-4-11(19)8-13(14)20/h2-8,15-16,25H,1H3,(H,22,27)/t15-,16+/m0/s1. The Balaban J connectivity index is 1.67. The maximum atomic E-state index is 13.4. The Labute approximate surface area is 178 Å². The first kappa shape index (κ1) is 19.2. The van der Waals surface area contributed by atoms with Crippen molar-refractivity contribution in [2.45, 2.75) is 23.4 Å². The lowest BCUT2D eigenvalue weighted by atomic mass is 10.0. The molecule has 4 rings (SSSR count). The summed E-state index contributed by atoms with van der Waals surface area (Å²) in [5.41, 5.74) is 4.55. The van der Waals surface area contributed by atoms with Gasteiger partial charge in [0.25, 0.3) is 0 Å². The lowest BCUT2D eigenvalue weighted by molar-refractivity contribution is -0.116. The molecule has 3 aromatic rings. The van der Waals surface area contributed by atoms with Crippen LogP contribution in [-0.4, -0.2) is 26.0 Å². The molecule has 1 aromatic heterocycles. The lowest BCUT2D eigenvalue weighted by Gasteiger charge is -2.32. The number of anilines is 1. The third-order valence-electron chi connectivity index (χ3n) is 4.28. The van der Waals surface area contributed by atoms with Crippen molar-refractivity contribution in [2.24, 2.45) is 0 Å². The normalized spacial score (nSPS) is 18.3. The van der Waals surface area contributed by atoms with Crippen molar-refractivity contribution in [3.8, 4) is 0 Å². The zero-order chi connectivity index (χ0) is 19.8. The molecule has 0 saturated heterocycles. The van der Waals surface area contributed by atoms with Gasteiger partial charge >= 0.3 is 0 Å². The molecule has 0 spiro atoms. The summed E-state index contributed by atoms with van der Waals surface area (Å²) < 4.78 is 15.9. The number of hydrogen-bond acceptors (Lipinski definition) is 5. The number of halogens is 3. The van der Waals surface area contributed by atoms with E-state index in [9.17, 15) is 9.18 Å². The van der Waals surface area contributed by atoms with E-state index in [4.69, 9.17) is 11.6 Å². The molecule has 2 aromatic carbocycles. The van der Waals surface area contributed by atoms with Crippen LogP contribution in [0.4, 0.5) is 10.1 Å². The molecule has 1 aliphatic rings. The quantitative estimate of drug-likeness (QED) is 0.573. The van der Waals surface area contributed by atoms with Crippen molar-refractivity contribution < 1.29 is 9.18 Å². The fraction of sp³-hybridized carbons (Fsp3) is 0.167. The van der Waals surface area contributed by atoms with E-state index in [1.165, 1.54) is 23.9 Å². The van der Waals surface area contributed by atoms with Gasteiger partial charge in [-0.2, -0.15) is 0 Å². The number of hydrogen-bond donors (Lipinski definition) is 2. The molecule has 1 aliphatic heterocycles. The van der Waals surface area contributed by atoms with Gasteiger partial charge in [0.15, 0.2) is 0 Å². The zero-order valence-corrected chi connectivity index (χ0v) is 17.6. The third-order valence-corrected chi connectivity index (χ3v) is 6.30. The Morgan fingerprint density at radius 2 is 2.04 bits per heavy atom. The lowest BCUT2D eigenvalue weighted by Crippen LogP contribution is -2.41. The molecule has 0 aliphatic carbocycles. The zero-order valence-electron chi connectivity index (χ0n) is 14.5. The highest BCUT2D eigenvalue weighted by molar-refractivity contribution is 9.10. The van der Waals surface area contributed by atoms with E-state index in [1.807, 2.05) is 6.92 Å². The first-order valence-corrected chi connectivity index (χ1v) is 10.3. The molecule has 6 nitrogen and oxygen atoms in total. The average Bonchev–Trinajstić information content (AvgIpc) is 3.04. The van der Waals surface area contributed by atoms with Gasteiger partial charge < -0.3 is 10.7 Å². The number of carbonyl (C=O) groups excluding carboxylic acids is 1. The summed E-state index contributed by atoms with van der Waals surface area (Å²) in [7, 11) is 0. The summed E-state index contributed by atoms with van der Waals surface area (Å²) in [5, 5.41) is 11.5. The van der Waals surface area contributed by atoms with Crippen LogP contribution >= 0.6 is 39.3 Å². The Hall–Kier alpha value is -2.10. The van der Waals surface area contributed by atoms with Gasteiger partial charge in [-0.3, -0.25) is 4.79 Å². The van der Waals surface area contributed by atoms with Gasteiger partial charge in [-0.1, -0.05) is 51.4 Å². The maximum absolute atomic E-state index is 13.4. The summed E-state index contributed by atoms with van der Waals surface area (Å²) in [5.74, 6) is 0.0865. The minimum atomic E-state index is -0.568. The number of carbonyl (C=O) groups is 1. The fourth-order valence-electron chi connectivity index (χ4n) is 2.88. The summed E-state index contributed by atoms with van der Waals surface area (Å²) in [6.45, 7) is 1.81. The second-order valence-electron chi connectivity index (χ2n) is 6.18. The average molecular weight is 483 g/mol. The molecule has 28 heavy (non-hydrogen) atoms. The molecule has 0 unspecified atom stereocenters. The molecule has 10 heteroatoms. The monoisotopic (exact) mass is 481 g/mol. The molecule has 144 valence electrons. The fourth-order valence-corrected chi connectivity index (χ4v) is 4.72. The summed E-state index contributed by atoms with van der Waals surface area (Å²) in [6, 6.07) is 10.9. The molecule has 0 fully saturated rings. The number of aryl methyl sites for hydroxylation is 1. The Morgan fingerprint density at radius 1 is 1.29 bits per heavy atom. The van der Waals surface area contributed by atoms with Crippen LogP contribution in [0.1, 0.15) is 17.4 Å². The highest BCUT2D eigenvalue weighted by Gasteiger charge is 2.37. The number of amides is 1. The molecular weight excluding hydrogens is 469 g/mol. The van der Waals surface area contributed by atoms with Gasteiger partial charge in [-0.05, 0) is 42.8 Å². The van der Waals surface area contributed by atoms with Gasteiger partial charge in [-0.15, -0.1) is 10.2 Å². The van der Waals surface area contributed by atoms with Gasteiger partial charge in [0.1, 0.15) is 16.9 Å². The largest absolute Gasteiger partial charge is 0.324 e. The smallest absolute Gasteiger partial charge is 0.240 e. The number of nitrogens with zero attached hydrogens (tertiary/aromatic N) is 3. The van der Waals surface area contributed by atoms with Crippen LogP contribution < -0.4 is 10.7 Å². The van der Waals surface area contributed by atoms with E-state index < -0.39 is 11.3 Å². The second-order valence-corrected chi connectivity index (χ2v) is 8.61. The van der Waals surface area contributed by atoms with Gasteiger partial charge in [-0.25, -0.2) is 9.07 Å². The number of aromatic nitrogens is 3. The van der Waals surface area contributed by atoms with Crippen molar-refractivity contribution in [2.75, 3.05) is 10.7 Å². The number of benzene rings is 2. The molecule has 2 N–H and O–H groups in total. The van der Waals surface area contributed by atoms with Crippen molar-refractivity contribution in [1.82, 2.24) is 14.9 Å². The van der Waals surface area contributed by atoms with Crippen LogP contribution in [0.5, 0.6) is 0 Å². The van der Waals surface area contributed by atoms with Gasteiger partial charge in [0.05, 0.1) is 16.8 Å². The van der Waals surface area contributed by atoms with Crippen molar-refractivity contribution in [1.29, 1.82) is 0 Å². The summed E-state index contributed by atoms with van der Waals surface area (Å²) in [4.78, 5) is 13.1. The summed E-state index contributed by atoms with van der Waals surface area (Å²) >= 11 is 10.9. The maximum Gasteiger partial charge on any atom is 0.240 e. The van der Waals surface area contributed by atoms with E-state index in [0.29, 0.717) is 21.7 Å². The summed E-state index contributed by atoms with van der Waals surface area (Å²) in [6.07, 6.45) is 0. The number of thioether (sulfide) groups is 1. The van der Waals surface area contributed by atoms with Crippen molar-refractivity contribution in [3.63, 3.8) is 0 Å². The van der Waals surface area contributed by atoms with E-state index >= 15 is 0 Å². The number of fused-ring (bicyclic) bond motifs is 1. The van der Waals surface area contributed by atoms with E-state index in [2.05, 4.69) is 36.9 Å². The van der Waals surface area contributed by atoms with Crippen molar-refractivity contribution in [3.05, 3.63) is 69.2 Å². The molecule has 1 amide bonds. The van der Waals surface area contributed by atoms with Crippen LogP contribution in [0.2, 0.25) is 5.02 Å². The minimum Gasteiger partial charge on any atom is -0.324 e. The molecule has 2 atom stereocenters. The predicted octanol–water partition coefficient (Wildman–Crippen LogP) is 4.54. The Kier molecular flexibility index (Phi) is 5.31. The minimum absolute atomic E-state index is 0.247. The van der Waals surface area contributed by atoms with Crippen LogP contribution in [0.15, 0.2) is 52.1 Å². The molecule has 0 saturated carbocycles. The van der Waals surface area contributed by atoms with Gasteiger partial charge in [0.2, 0.25) is 11.1 Å². The SMILES string of the molecule is Cc1nnc2n1N[C@@H](c1ccc(F)cc1)[C@H](C(=O)Nc1ccc(Br)cc1Cl)S2. The van der Waals surface area contributed by atoms with Crippen LogP contribution in [0.3, 0.4) is 0 Å². The van der Waals surface area contributed by atoms with Crippen LogP contribution in [-0.2, 0) is 4.79 Å².